The standard InChI is InChI=1S/C16H33N5O2/c1-13(2)19-14(17-6)18-7-8-20-9-11-21(12-10-20)15(22)23-16(3,4)5/h13H,7-12H2,1-6H3,(H2,17,18,19). The average Bonchev–Trinajstić information content (AvgIpc) is 2.44. The Morgan fingerprint density at radius 1 is 1.22 bits per heavy atom. The lowest BCUT2D eigenvalue weighted by molar-refractivity contribution is 0.0147. The molecular formula is C16H33N5O2. The highest BCUT2D eigenvalue weighted by Crippen LogP contribution is 2.11. The van der Waals surface area contributed by atoms with E-state index < -0.39 is 5.60 Å². The highest BCUT2D eigenvalue weighted by atomic mass is 16.6. The first-order valence-corrected chi connectivity index (χ1v) is 8.38. The summed E-state index contributed by atoms with van der Waals surface area (Å²) < 4.78 is 5.41. The minimum absolute atomic E-state index is 0.211. The van der Waals surface area contributed by atoms with Crippen molar-refractivity contribution in [1.82, 2.24) is 20.4 Å². The second kappa shape index (κ2) is 8.96. The van der Waals surface area contributed by atoms with Crippen molar-refractivity contribution in [2.24, 2.45) is 4.99 Å². The summed E-state index contributed by atoms with van der Waals surface area (Å²) in [5.41, 5.74) is -0.433. The summed E-state index contributed by atoms with van der Waals surface area (Å²) >= 11 is 0. The number of nitrogens with one attached hydrogen (secondary N) is 2. The SMILES string of the molecule is CN=C(NCCN1CCN(C(=O)OC(C)(C)C)CC1)NC(C)C. The molecule has 2 N–H and O–H groups in total. The van der Waals surface area contributed by atoms with Crippen molar-refractivity contribution in [2.45, 2.75) is 46.3 Å². The molecule has 0 saturated carbocycles. The number of nitrogens with zero attached hydrogens (tertiary/aromatic N) is 3. The molecule has 0 unspecified atom stereocenters. The maximum Gasteiger partial charge on any atom is 0.410 e. The largest absolute Gasteiger partial charge is 0.444 e. The summed E-state index contributed by atoms with van der Waals surface area (Å²) in [5, 5.41) is 6.57. The molecule has 0 aromatic rings. The van der Waals surface area contributed by atoms with Crippen LogP contribution >= 0.6 is 0 Å². The first kappa shape index (κ1) is 19.5. The van der Waals surface area contributed by atoms with E-state index in [0.29, 0.717) is 19.1 Å². The van der Waals surface area contributed by atoms with Crippen molar-refractivity contribution in [2.75, 3.05) is 46.3 Å². The van der Waals surface area contributed by atoms with E-state index in [1.165, 1.54) is 0 Å². The van der Waals surface area contributed by atoms with Crippen molar-refractivity contribution in [3.05, 3.63) is 0 Å². The van der Waals surface area contributed by atoms with Crippen LogP contribution in [-0.4, -0.2) is 79.8 Å². The number of carbonyl (C=O) groups excluding carboxylic acids is 1. The average molecular weight is 327 g/mol. The van der Waals surface area contributed by atoms with E-state index in [1.807, 2.05) is 20.8 Å². The number of carbonyl (C=O) groups is 1. The van der Waals surface area contributed by atoms with Crippen LogP contribution in [0, 0.1) is 0 Å². The van der Waals surface area contributed by atoms with Crippen LogP contribution in [0.15, 0.2) is 4.99 Å². The number of piperazine rings is 1. The fourth-order valence-electron chi connectivity index (χ4n) is 2.28. The van der Waals surface area contributed by atoms with Crippen LogP contribution < -0.4 is 10.6 Å². The monoisotopic (exact) mass is 327 g/mol. The highest BCUT2D eigenvalue weighted by Gasteiger charge is 2.25. The summed E-state index contributed by atoms with van der Waals surface area (Å²) in [6.07, 6.45) is -0.211. The van der Waals surface area contributed by atoms with Gasteiger partial charge in [0.1, 0.15) is 5.60 Å². The molecule has 1 aliphatic rings. The molecule has 134 valence electrons. The summed E-state index contributed by atoms with van der Waals surface area (Å²) in [7, 11) is 1.78. The summed E-state index contributed by atoms with van der Waals surface area (Å²) in [4.78, 5) is 20.3. The van der Waals surface area contributed by atoms with Crippen molar-refractivity contribution in [1.29, 1.82) is 0 Å². The first-order chi connectivity index (χ1) is 10.7. The van der Waals surface area contributed by atoms with Gasteiger partial charge in [-0.3, -0.25) is 9.89 Å². The number of rotatable bonds is 4. The maximum absolute atomic E-state index is 12.0. The van der Waals surface area contributed by atoms with Gasteiger partial charge in [-0.1, -0.05) is 0 Å². The minimum Gasteiger partial charge on any atom is -0.444 e. The smallest absolute Gasteiger partial charge is 0.410 e. The molecule has 0 aliphatic carbocycles. The van der Waals surface area contributed by atoms with Gasteiger partial charge in [0.15, 0.2) is 5.96 Å². The molecule has 23 heavy (non-hydrogen) atoms. The zero-order chi connectivity index (χ0) is 17.5. The van der Waals surface area contributed by atoms with Crippen LogP contribution in [0.5, 0.6) is 0 Å². The molecule has 1 fully saturated rings. The van der Waals surface area contributed by atoms with E-state index in [2.05, 4.69) is 34.4 Å². The van der Waals surface area contributed by atoms with Gasteiger partial charge >= 0.3 is 6.09 Å². The fourth-order valence-corrected chi connectivity index (χ4v) is 2.28. The lowest BCUT2D eigenvalue weighted by atomic mass is 10.2. The number of guanidine groups is 1. The van der Waals surface area contributed by atoms with Crippen molar-refractivity contribution < 1.29 is 9.53 Å². The first-order valence-electron chi connectivity index (χ1n) is 8.38. The topological polar surface area (TPSA) is 69.2 Å². The Hall–Kier alpha value is -1.50. The highest BCUT2D eigenvalue weighted by molar-refractivity contribution is 5.79. The van der Waals surface area contributed by atoms with Crippen LogP contribution in [0.2, 0.25) is 0 Å². The Kier molecular flexibility index (Phi) is 7.61. The maximum atomic E-state index is 12.0. The zero-order valence-corrected chi connectivity index (χ0v) is 15.5. The van der Waals surface area contributed by atoms with Gasteiger partial charge in [0.2, 0.25) is 0 Å². The molecule has 0 radical (unpaired) electrons. The number of hydrogen-bond donors (Lipinski definition) is 2. The van der Waals surface area contributed by atoms with Crippen molar-refractivity contribution in [3.8, 4) is 0 Å². The van der Waals surface area contributed by atoms with Gasteiger partial charge in [-0.15, -0.1) is 0 Å². The molecule has 1 amide bonds. The molecule has 1 heterocycles. The second-order valence-corrected chi connectivity index (χ2v) is 7.11. The quantitative estimate of drug-likeness (QED) is 0.598. The van der Waals surface area contributed by atoms with Gasteiger partial charge in [0, 0.05) is 52.4 Å². The molecule has 0 spiro atoms. The van der Waals surface area contributed by atoms with Crippen molar-refractivity contribution in [3.63, 3.8) is 0 Å². The number of hydrogen-bond acceptors (Lipinski definition) is 4. The van der Waals surface area contributed by atoms with E-state index in [-0.39, 0.29) is 6.09 Å². The predicted octanol–water partition coefficient (Wildman–Crippen LogP) is 1.11. The molecule has 0 atom stereocenters. The molecule has 7 heteroatoms. The van der Waals surface area contributed by atoms with Crippen molar-refractivity contribution >= 4 is 12.1 Å². The molecular weight excluding hydrogens is 294 g/mol. The second-order valence-electron chi connectivity index (χ2n) is 7.11. The third-order valence-corrected chi connectivity index (χ3v) is 3.39. The summed E-state index contributed by atoms with van der Waals surface area (Å²) in [5.74, 6) is 0.826. The number of amides is 1. The number of ether oxygens (including phenoxy) is 1. The zero-order valence-electron chi connectivity index (χ0n) is 15.5. The minimum atomic E-state index is -0.433. The molecule has 7 nitrogen and oxygen atoms in total. The summed E-state index contributed by atoms with van der Waals surface area (Å²) in [6.45, 7) is 14.8. The molecule has 1 rings (SSSR count). The Morgan fingerprint density at radius 3 is 2.30 bits per heavy atom. The predicted molar refractivity (Wildman–Crippen MR) is 93.9 cm³/mol. The van der Waals surface area contributed by atoms with E-state index >= 15 is 0 Å². The Morgan fingerprint density at radius 2 is 1.83 bits per heavy atom. The lowest BCUT2D eigenvalue weighted by Crippen LogP contribution is -2.52. The van der Waals surface area contributed by atoms with Gasteiger partial charge in [-0.25, -0.2) is 4.79 Å². The van der Waals surface area contributed by atoms with Crippen LogP contribution in [0.25, 0.3) is 0 Å². The third kappa shape index (κ3) is 8.06. The lowest BCUT2D eigenvalue weighted by Gasteiger charge is -2.35. The number of aliphatic imine (C=N–C) groups is 1. The van der Waals surface area contributed by atoms with E-state index in [1.54, 1.807) is 11.9 Å². The summed E-state index contributed by atoms with van der Waals surface area (Å²) in [6, 6.07) is 0.360. The third-order valence-electron chi connectivity index (χ3n) is 3.39. The molecule has 0 aromatic heterocycles. The molecule has 0 bridgehead atoms. The van der Waals surface area contributed by atoms with Gasteiger partial charge in [-0.05, 0) is 34.6 Å². The van der Waals surface area contributed by atoms with E-state index in [4.69, 9.17) is 4.74 Å². The van der Waals surface area contributed by atoms with E-state index in [0.717, 1.165) is 32.1 Å². The van der Waals surface area contributed by atoms with Crippen LogP contribution in [0.3, 0.4) is 0 Å². The van der Waals surface area contributed by atoms with Crippen LogP contribution in [-0.2, 0) is 4.74 Å². The molecule has 1 saturated heterocycles. The van der Waals surface area contributed by atoms with Gasteiger partial charge in [0.05, 0.1) is 0 Å². The normalized spacial score (nSPS) is 17.3. The molecule has 1 aliphatic heterocycles. The van der Waals surface area contributed by atoms with Gasteiger partial charge in [0.25, 0.3) is 0 Å². The molecule has 0 aromatic carbocycles. The van der Waals surface area contributed by atoms with Gasteiger partial charge in [-0.2, -0.15) is 0 Å². The Labute approximate surface area is 140 Å². The Balaban J connectivity index is 2.25. The van der Waals surface area contributed by atoms with Crippen LogP contribution in [0.4, 0.5) is 4.79 Å². The fraction of sp³-hybridized carbons (Fsp3) is 0.875. The Bertz CT molecular complexity index is 396. The van der Waals surface area contributed by atoms with Gasteiger partial charge < -0.3 is 20.3 Å². The van der Waals surface area contributed by atoms with E-state index in [9.17, 15) is 4.79 Å². The van der Waals surface area contributed by atoms with Crippen LogP contribution in [0.1, 0.15) is 34.6 Å².